The van der Waals surface area contributed by atoms with Crippen LogP contribution in [-0.4, -0.2) is 25.4 Å². The highest BCUT2D eigenvalue weighted by molar-refractivity contribution is 5.88. The van der Waals surface area contributed by atoms with Gasteiger partial charge in [-0.1, -0.05) is 12.1 Å². The second-order valence-corrected chi connectivity index (χ2v) is 7.01. The molecule has 0 aliphatic rings. The van der Waals surface area contributed by atoms with Gasteiger partial charge in [0.15, 0.2) is 5.82 Å². The summed E-state index contributed by atoms with van der Waals surface area (Å²) < 4.78 is 9.25. The molecule has 0 radical (unpaired) electrons. The second-order valence-electron chi connectivity index (χ2n) is 7.01. The monoisotopic (exact) mass is 374 g/mol. The molecule has 4 rings (SSSR count). The Morgan fingerprint density at radius 2 is 1.86 bits per heavy atom. The van der Waals surface area contributed by atoms with Crippen LogP contribution < -0.4 is 10.3 Å². The van der Waals surface area contributed by atoms with E-state index in [-0.39, 0.29) is 11.7 Å². The lowest BCUT2D eigenvalue weighted by Gasteiger charge is -2.13. The minimum absolute atomic E-state index is 0.0935. The molecule has 0 atom stereocenters. The largest absolute Gasteiger partial charge is 0.491 e. The minimum Gasteiger partial charge on any atom is -0.491 e. The van der Waals surface area contributed by atoms with E-state index < -0.39 is 0 Å². The number of hydrogen-bond donors (Lipinski definition) is 0. The Labute approximate surface area is 163 Å². The topological polar surface area (TPSA) is 61.9 Å². The molecule has 0 N–H and O–H groups in total. The molecule has 0 bridgehead atoms. The van der Waals surface area contributed by atoms with Gasteiger partial charge in [0.05, 0.1) is 17.7 Å². The van der Waals surface area contributed by atoms with Crippen molar-refractivity contribution >= 4 is 10.8 Å². The van der Waals surface area contributed by atoms with E-state index in [1.54, 1.807) is 18.5 Å². The Bertz CT molecular complexity index is 1210. The van der Waals surface area contributed by atoms with Gasteiger partial charge in [-0.05, 0) is 52.0 Å². The maximum absolute atomic E-state index is 13.2. The second kappa shape index (κ2) is 6.96. The van der Waals surface area contributed by atoms with Crippen molar-refractivity contribution in [3.05, 3.63) is 76.6 Å². The van der Waals surface area contributed by atoms with Crippen molar-refractivity contribution in [2.45, 2.75) is 33.8 Å². The van der Waals surface area contributed by atoms with Crippen molar-refractivity contribution in [1.29, 1.82) is 0 Å². The summed E-state index contributed by atoms with van der Waals surface area (Å²) in [5.74, 6) is 1.31. The van der Waals surface area contributed by atoms with Crippen molar-refractivity contribution in [3.63, 3.8) is 0 Å². The van der Waals surface area contributed by atoms with Gasteiger partial charge >= 0.3 is 0 Å². The maximum Gasteiger partial charge on any atom is 0.282 e. The third kappa shape index (κ3) is 2.97. The fourth-order valence-corrected chi connectivity index (χ4v) is 3.56. The zero-order valence-electron chi connectivity index (χ0n) is 16.4. The van der Waals surface area contributed by atoms with Crippen LogP contribution in [0.15, 0.2) is 59.7 Å². The van der Waals surface area contributed by atoms with Crippen LogP contribution >= 0.6 is 0 Å². The average Bonchev–Trinajstić information content (AvgIpc) is 2.93. The van der Waals surface area contributed by atoms with E-state index in [1.807, 2.05) is 64.1 Å². The van der Waals surface area contributed by atoms with Gasteiger partial charge in [0, 0.05) is 34.7 Å². The number of fused-ring (bicyclic) bond motifs is 1. The van der Waals surface area contributed by atoms with E-state index in [2.05, 4.69) is 14.6 Å². The van der Waals surface area contributed by atoms with Crippen LogP contribution in [-0.2, 0) is 0 Å². The molecule has 0 fully saturated rings. The zero-order chi connectivity index (χ0) is 19.8. The molecule has 0 aliphatic carbocycles. The SMILES string of the molecule is Cc1c2cnn(-c3ccccn3)c(=O)c2c(C)n1-c1cccc(OC(C)C)c1. The molecule has 3 aromatic heterocycles. The first-order chi connectivity index (χ1) is 13.5. The van der Waals surface area contributed by atoms with Crippen molar-refractivity contribution in [3.8, 4) is 17.3 Å². The number of aryl methyl sites for hydroxylation is 2. The summed E-state index contributed by atoms with van der Waals surface area (Å²) in [6.07, 6.45) is 3.48. The van der Waals surface area contributed by atoms with Crippen LogP contribution in [0.4, 0.5) is 0 Å². The Hall–Kier alpha value is -3.41. The third-order valence-electron chi connectivity index (χ3n) is 4.71. The smallest absolute Gasteiger partial charge is 0.282 e. The number of aromatic nitrogens is 4. The van der Waals surface area contributed by atoms with E-state index in [0.29, 0.717) is 11.2 Å². The molecule has 0 saturated heterocycles. The summed E-state index contributed by atoms with van der Waals surface area (Å²) in [5.41, 5.74) is 2.61. The molecule has 4 aromatic rings. The molecule has 6 heteroatoms. The Morgan fingerprint density at radius 3 is 2.57 bits per heavy atom. The number of benzene rings is 1. The first-order valence-corrected chi connectivity index (χ1v) is 9.26. The predicted molar refractivity (Wildman–Crippen MR) is 110 cm³/mol. The summed E-state index contributed by atoms with van der Waals surface area (Å²) >= 11 is 0. The van der Waals surface area contributed by atoms with Crippen LogP contribution in [0, 0.1) is 13.8 Å². The van der Waals surface area contributed by atoms with Crippen LogP contribution in [0.25, 0.3) is 22.3 Å². The lowest BCUT2D eigenvalue weighted by Crippen LogP contribution is -2.21. The molecular weight excluding hydrogens is 352 g/mol. The average molecular weight is 374 g/mol. The molecule has 28 heavy (non-hydrogen) atoms. The van der Waals surface area contributed by atoms with Gasteiger partial charge in [-0.15, -0.1) is 0 Å². The molecule has 142 valence electrons. The highest BCUT2D eigenvalue weighted by atomic mass is 16.5. The van der Waals surface area contributed by atoms with Crippen molar-refractivity contribution in [2.75, 3.05) is 0 Å². The molecule has 0 aliphatic heterocycles. The normalized spacial score (nSPS) is 11.3. The molecular formula is C22H22N4O2. The standard InChI is InChI=1S/C22H22N4O2/c1-14(2)28-18-9-7-8-17(12-18)25-15(3)19-13-24-26(20-10-5-6-11-23-20)22(27)21(19)16(25)4/h5-14H,1-4H3. The highest BCUT2D eigenvalue weighted by Crippen LogP contribution is 2.28. The quantitative estimate of drug-likeness (QED) is 0.542. The number of nitrogens with zero attached hydrogens (tertiary/aromatic N) is 4. The number of ether oxygens (including phenoxy) is 1. The molecule has 6 nitrogen and oxygen atoms in total. The Balaban J connectivity index is 1.92. The van der Waals surface area contributed by atoms with Crippen LogP contribution in [0.3, 0.4) is 0 Å². The summed E-state index contributed by atoms with van der Waals surface area (Å²) in [6, 6.07) is 13.3. The molecule has 0 amide bonds. The van der Waals surface area contributed by atoms with Gasteiger partial charge in [-0.25, -0.2) is 4.98 Å². The van der Waals surface area contributed by atoms with Crippen molar-refractivity contribution < 1.29 is 4.74 Å². The van der Waals surface area contributed by atoms with Gasteiger partial charge in [0.1, 0.15) is 5.75 Å². The first kappa shape index (κ1) is 18.0. The Kier molecular flexibility index (Phi) is 4.47. The van der Waals surface area contributed by atoms with E-state index in [0.717, 1.165) is 28.2 Å². The lowest BCUT2D eigenvalue weighted by atomic mass is 10.2. The molecule has 3 heterocycles. The molecule has 0 spiro atoms. The fourth-order valence-electron chi connectivity index (χ4n) is 3.56. The Morgan fingerprint density at radius 1 is 1.04 bits per heavy atom. The van der Waals surface area contributed by atoms with E-state index in [1.165, 1.54) is 4.68 Å². The third-order valence-corrected chi connectivity index (χ3v) is 4.71. The predicted octanol–water partition coefficient (Wildman–Crippen LogP) is 3.98. The molecule has 0 unspecified atom stereocenters. The van der Waals surface area contributed by atoms with Gasteiger partial charge in [0.2, 0.25) is 0 Å². The van der Waals surface area contributed by atoms with Crippen LogP contribution in [0.5, 0.6) is 5.75 Å². The zero-order valence-corrected chi connectivity index (χ0v) is 16.4. The van der Waals surface area contributed by atoms with Crippen LogP contribution in [0.1, 0.15) is 25.2 Å². The van der Waals surface area contributed by atoms with E-state index in [4.69, 9.17) is 4.74 Å². The van der Waals surface area contributed by atoms with E-state index >= 15 is 0 Å². The van der Waals surface area contributed by atoms with Gasteiger partial charge in [0.25, 0.3) is 5.56 Å². The highest BCUT2D eigenvalue weighted by Gasteiger charge is 2.18. The van der Waals surface area contributed by atoms with Gasteiger partial charge in [-0.3, -0.25) is 4.79 Å². The van der Waals surface area contributed by atoms with Crippen LogP contribution in [0.2, 0.25) is 0 Å². The summed E-state index contributed by atoms with van der Waals surface area (Å²) in [7, 11) is 0. The number of hydrogen-bond acceptors (Lipinski definition) is 4. The maximum atomic E-state index is 13.2. The minimum atomic E-state index is -0.176. The molecule has 1 aromatic carbocycles. The van der Waals surface area contributed by atoms with Crippen molar-refractivity contribution in [1.82, 2.24) is 19.3 Å². The van der Waals surface area contributed by atoms with Crippen molar-refractivity contribution in [2.24, 2.45) is 0 Å². The first-order valence-electron chi connectivity index (χ1n) is 9.26. The lowest BCUT2D eigenvalue weighted by molar-refractivity contribution is 0.242. The summed E-state index contributed by atoms with van der Waals surface area (Å²) in [6.45, 7) is 7.95. The summed E-state index contributed by atoms with van der Waals surface area (Å²) in [5, 5.41) is 5.83. The van der Waals surface area contributed by atoms with E-state index in [9.17, 15) is 4.79 Å². The van der Waals surface area contributed by atoms with Gasteiger partial charge < -0.3 is 9.30 Å². The number of pyridine rings is 1. The number of rotatable bonds is 4. The fraction of sp³-hybridized carbons (Fsp3) is 0.227. The summed E-state index contributed by atoms with van der Waals surface area (Å²) in [4.78, 5) is 17.4. The molecule has 0 saturated carbocycles. The van der Waals surface area contributed by atoms with Gasteiger partial charge in [-0.2, -0.15) is 9.78 Å².